The zero-order valence-electron chi connectivity index (χ0n) is 18.7. The first kappa shape index (κ1) is 22.8. The van der Waals surface area contributed by atoms with Gasteiger partial charge >= 0.3 is 5.97 Å². The van der Waals surface area contributed by atoms with Gasteiger partial charge in [0.1, 0.15) is 11.1 Å². The first-order valence-electron chi connectivity index (χ1n) is 11.5. The van der Waals surface area contributed by atoms with E-state index in [2.05, 4.69) is 10.6 Å². The van der Waals surface area contributed by atoms with Crippen molar-refractivity contribution < 1.29 is 19.1 Å². The number of methoxy groups -OCH3 is 1. The summed E-state index contributed by atoms with van der Waals surface area (Å²) in [4.78, 5) is 51.7. The lowest BCUT2D eigenvalue weighted by atomic mass is 9.95. The second-order valence-electron chi connectivity index (χ2n) is 8.74. The minimum absolute atomic E-state index is 0.0410. The first-order valence-corrected chi connectivity index (χ1v) is 11.5. The number of benzene rings is 1. The lowest BCUT2D eigenvalue weighted by Crippen LogP contribution is -2.41. The number of nitrogens with one attached hydrogen (secondary N) is 2. The molecular formula is C25H29N3O5. The number of nitrogens with zero attached hydrogens (tertiary/aromatic N) is 1. The third kappa shape index (κ3) is 5.32. The number of carbonyl (C=O) groups excluding carboxylic acids is 3. The highest BCUT2D eigenvalue weighted by molar-refractivity contribution is 6.00. The van der Waals surface area contributed by atoms with Crippen LogP contribution in [0.25, 0.3) is 0 Å². The molecule has 8 nitrogen and oxygen atoms in total. The summed E-state index contributed by atoms with van der Waals surface area (Å²) < 4.78 is 6.62. The molecule has 0 radical (unpaired) electrons. The molecule has 0 spiro atoms. The first-order chi connectivity index (χ1) is 16.0. The molecule has 0 aliphatic heterocycles. The van der Waals surface area contributed by atoms with Gasteiger partial charge in [-0.2, -0.15) is 0 Å². The van der Waals surface area contributed by atoms with Gasteiger partial charge in [-0.15, -0.1) is 0 Å². The molecule has 2 aliphatic carbocycles. The number of pyridine rings is 1. The van der Waals surface area contributed by atoms with Crippen LogP contribution in [0.3, 0.4) is 0 Å². The molecule has 1 aromatic carbocycles. The molecule has 0 unspecified atom stereocenters. The molecule has 2 amide bonds. The van der Waals surface area contributed by atoms with E-state index >= 15 is 0 Å². The lowest BCUT2D eigenvalue weighted by molar-refractivity contribution is -0.143. The van der Waals surface area contributed by atoms with Gasteiger partial charge in [0.15, 0.2) is 6.04 Å². The molecule has 1 aromatic heterocycles. The standard InChI is InChI=1S/C25H29N3O5/c1-33-25(32)21(16-8-4-2-5-9-16)27-24(31)20-15-28(18-12-13-18)14-19(22(20)29)23(30)26-17-10-6-3-7-11-17/h2,4-5,8-9,14-15,17-18,21H,3,6-7,10-13H2,1H3,(H,26,30)(H,27,31)/t21-/m0/s1. The van der Waals surface area contributed by atoms with E-state index in [-0.39, 0.29) is 23.2 Å². The normalized spacial score (nSPS) is 17.1. The number of carbonyl (C=O) groups is 3. The number of hydrogen-bond donors (Lipinski definition) is 2. The predicted octanol–water partition coefficient (Wildman–Crippen LogP) is 2.89. The summed E-state index contributed by atoms with van der Waals surface area (Å²) in [6.45, 7) is 0. The van der Waals surface area contributed by atoms with Gasteiger partial charge in [-0.3, -0.25) is 14.4 Å². The van der Waals surface area contributed by atoms with Crippen LogP contribution in [0.15, 0.2) is 47.5 Å². The predicted molar refractivity (Wildman–Crippen MR) is 122 cm³/mol. The molecule has 0 saturated heterocycles. The second-order valence-corrected chi connectivity index (χ2v) is 8.74. The van der Waals surface area contributed by atoms with Crippen molar-refractivity contribution >= 4 is 17.8 Å². The van der Waals surface area contributed by atoms with Crippen LogP contribution in [0.4, 0.5) is 0 Å². The van der Waals surface area contributed by atoms with Crippen molar-refractivity contribution in [1.29, 1.82) is 0 Å². The average Bonchev–Trinajstić information content (AvgIpc) is 3.69. The number of rotatable bonds is 7. The maximum atomic E-state index is 13.2. The van der Waals surface area contributed by atoms with Crippen LogP contribution in [0.2, 0.25) is 0 Å². The second kappa shape index (κ2) is 10.0. The third-order valence-electron chi connectivity index (χ3n) is 6.29. The van der Waals surface area contributed by atoms with Gasteiger partial charge in [0.2, 0.25) is 5.43 Å². The SMILES string of the molecule is COC(=O)[C@@H](NC(=O)c1cn(C2CC2)cc(C(=O)NC2CCCCC2)c1=O)c1ccccc1. The summed E-state index contributed by atoms with van der Waals surface area (Å²) in [6, 6.07) is 7.79. The Morgan fingerprint density at radius 2 is 1.58 bits per heavy atom. The number of aromatic nitrogens is 1. The van der Waals surface area contributed by atoms with Crippen molar-refractivity contribution in [2.75, 3.05) is 7.11 Å². The van der Waals surface area contributed by atoms with Crippen LogP contribution >= 0.6 is 0 Å². The summed E-state index contributed by atoms with van der Waals surface area (Å²) in [5.74, 6) is -1.83. The summed E-state index contributed by atoms with van der Waals surface area (Å²) in [7, 11) is 1.24. The maximum absolute atomic E-state index is 13.2. The van der Waals surface area contributed by atoms with Gasteiger partial charge < -0.3 is 19.9 Å². The van der Waals surface area contributed by atoms with Crippen LogP contribution in [0.1, 0.15) is 83.3 Å². The van der Waals surface area contributed by atoms with Crippen molar-refractivity contribution in [2.45, 2.75) is 63.1 Å². The fourth-order valence-corrected chi connectivity index (χ4v) is 4.27. The third-order valence-corrected chi connectivity index (χ3v) is 6.29. The van der Waals surface area contributed by atoms with Crippen molar-refractivity contribution in [3.05, 3.63) is 69.6 Å². The van der Waals surface area contributed by atoms with Crippen molar-refractivity contribution in [3.8, 4) is 0 Å². The summed E-state index contributed by atoms with van der Waals surface area (Å²) >= 11 is 0. The molecule has 174 valence electrons. The van der Waals surface area contributed by atoms with E-state index in [0.717, 1.165) is 44.9 Å². The highest BCUT2D eigenvalue weighted by Gasteiger charge is 2.30. The molecule has 0 bridgehead atoms. The molecule has 1 heterocycles. The van der Waals surface area contributed by atoms with E-state index < -0.39 is 29.3 Å². The molecule has 2 N–H and O–H groups in total. The van der Waals surface area contributed by atoms with E-state index in [9.17, 15) is 19.2 Å². The van der Waals surface area contributed by atoms with Crippen molar-refractivity contribution in [3.63, 3.8) is 0 Å². The van der Waals surface area contributed by atoms with Crippen molar-refractivity contribution in [2.24, 2.45) is 0 Å². The number of amides is 2. The Morgan fingerprint density at radius 3 is 2.18 bits per heavy atom. The molecule has 1 atom stereocenters. The molecule has 33 heavy (non-hydrogen) atoms. The number of esters is 1. The van der Waals surface area contributed by atoms with Crippen LogP contribution in [0.5, 0.6) is 0 Å². The minimum atomic E-state index is -1.07. The summed E-state index contributed by atoms with van der Waals surface area (Å²) in [6.07, 6.45) is 9.89. The Balaban J connectivity index is 1.63. The van der Waals surface area contributed by atoms with Gasteiger partial charge in [-0.25, -0.2) is 4.79 Å². The zero-order chi connectivity index (χ0) is 23.4. The fraction of sp³-hybridized carbons (Fsp3) is 0.440. The van der Waals surface area contributed by atoms with E-state index in [1.165, 1.54) is 13.3 Å². The van der Waals surface area contributed by atoms with E-state index in [0.29, 0.717) is 5.56 Å². The molecule has 2 aromatic rings. The van der Waals surface area contributed by atoms with Crippen LogP contribution in [-0.4, -0.2) is 35.5 Å². The van der Waals surface area contributed by atoms with E-state index in [1.54, 1.807) is 41.1 Å². The Kier molecular flexibility index (Phi) is 6.91. The lowest BCUT2D eigenvalue weighted by Gasteiger charge is -2.23. The summed E-state index contributed by atoms with van der Waals surface area (Å²) in [5.41, 5.74) is -0.321. The molecule has 2 fully saturated rings. The Morgan fingerprint density at radius 1 is 0.939 bits per heavy atom. The number of ether oxygens (including phenoxy) is 1. The molecular weight excluding hydrogens is 422 g/mol. The Bertz CT molecular complexity index is 1080. The zero-order valence-corrected chi connectivity index (χ0v) is 18.7. The van der Waals surface area contributed by atoms with Gasteiger partial charge in [0.25, 0.3) is 11.8 Å². The maximum Gasteiger partial charge on any atom is 0.333 e. The largest absolute Gasteiger partial charge is 0.467 e. The highest BCUT2D eigenvalue weighted by Crippen LogP contribution is 2.34. The Hall–Kier alpha value is -3.42. The van der Waals surface area contributed by atoms with Crippen LogP contribution in [-0.2, 0) is 9.53 Å². The quantitative estimate of drug-likeness (QED) is 0.630. The van der Waals surface area contributed by atoms with Gasteiger partial charge in [-0.05, 0) is 31.2 Å². The van der Waals surface area contributed by atoms with Crippen molar-refractivity contribution in [1.82, 2.24) is 15.2 Å². The van der Waals surface area contributed by atoms with Gasteiger partial charge in [0.05, 0.1) is 7.11 Å². The minimum Gasteiger partial charge on any atom is -0.467 e. The number of hydrogen-bond acceptors (Lipinski definition) is 5. The molecule has 2 saturated carbocycles. The van der Waals surface area contributed by atoms with E-state index in [1.807, 2.05) is 0 Å². The van der Waals surface area contributed by atoms with Crippen LogP contribution in [0, 0.1) is 0 Å². The molecule has 8 heteroatoms. The van der Waals surface area contributed by atoms with Crippen LogP contribution < -0.4 is 16.1 Å². The fourth-order valence-electron chi connectivity index (χ4n) is 4.27. The molecule has 2 aliphatic rings. The van der Waals surface area contributed by atoms with E-state index in [4.69, 9.17) is 4.74 Å². The van der Waals surface area contributed by atoms with Gasteiger partial charge in [0, 0.05) is 24.5 Å². The smallest absolute Gasteiger partial charge is 0.333 e. The van der Waals surface area contributed by atoms with Gasteiger partial charge in [-0.1, -0.05) is 49.6 Å². The summed E-state index contributed by atoms with van der Waals surface area (Å²) in [5, 5.41) is 5.58. The average molecular weight is 452 g/mol. The monoisotopic (exact) mass is 451 g/mol. The topological polar surface area (TPSA) is 106 Å². The molecule has 4 rings (SSSR count). The highest BCUT2D eigenvalue weighted by atomic mass is 16.5. The Labute approximate surface area is 192 Å².